The van der Waals surface area contributed by atoms with E-state index in [2.05, 4.69) is 0 Å². The van der Waals surface area contributed by atoms with Crippen LogP contribution >= 0.6 is 0 Å². The Kier molecular flexibility index (Phi) is 6.75. The van der Waals surface area contributed by atoms with Gasteiger partial charge in [0.15, 0.2) is 11.5 Å². The van der Waals surface area contributed by atoms with Crippen molar-refractivity contribution < 1.29 is 23.8 Å². The van der Waals surface area contributed by atoms with Crippen molar-refractivity contribution in [2.75, 3.05) is 47.5 Å². The molecule has 5 rings (SSSR count). The fraction of sp³-hybridized carbons (Fsp3) is 0.448. The summed E-state index contributed by atoms with van der Waals surface area (Å²) in [5.41, 5.74) is 2.65. The van der Waals surface area contributed by atoms with Crippen LogP contribution in [0.2, 0.25) is 0 Å². The lowest BCUT2D eigenvalue weighted by Gasteiger charge is -2.39. The average Bonchev–Trinajstić information content (AvgIpc) is 3.49. The molecule has 0 unspecified atom stereocenters. The number of ether oxygens (including phenoxy) is 3. The predicted octanol–water partition coefficient (Wildman–Crippen LogP) is 3.90. The molecule has 0 radical (unpaired) electrons. The number of para-hydroxylation sites is 1. The van der Waals surface area contributed by atoms with Gasteiger partial charge in [-0.15, -0.1) is 0 Å². The first-order valence-electron chi connectivity index (χ1n) is 12.8. The van der Waals surface area contributed by atoms with Crippen LogP contribution in [0, 0.1) is 5.41 Å². The first-order chi connectivity index (χ1) is 17.9. The van der Waals surface area contributed by atoms with Gasteiger partial charge in [0.1, 0.15) is 5.69 Å². The minimum Gasteiger partial charge on any atom is -0.493 e. The van der Waals surface area contributed by atoms with Crippen LogP contribution in [0.25, 0.3) is 10.9 Å². The lowest BCUT2D eigenvalue weighted by molar-refractivity contribution is -0.130. The highest BCUT2D eigenvalue weighted by Gasteiger charge is 2.43. The molecule has 0 aliphatic carbocycles. The zero-order valence-corrected chi connectivity index (χ0v) is 22.1. The van der Waals surface area contributed by atoms with Crippen LogP contribution in [0.3, 0.4) is 0 Å². The Hall–Kier alpha value is -3.68. The SMILES string of the molecule is COc1ccc(CC(=O)N2CCC3(CCN(C(=O)c4cc5ccccc5n4C)CC3)C2)c(OC)c1OC. The van der Waals surface area contributed by atoms with E-state index < -0.39 is 0 Å². The summed E-state index contributed by atoms with van der Waals surface area (Å²) in [4.78, 5) is 30.6. The number of carbonyl (C=O) groups excluding carboxylic acids is 2. The number of carbonyl (C=O) groups is 2. The second kappa shape index (κ2) is 10.00. The molecule has 196 valence electrons. The number of aryl methyl sites for hydroxylation is 1. The molecule has 0 N–H and O–H groups in total. The van der Waals surface area contributed by atoms with Crippen molar-refractivity contribution in [3.8, 4) is 17.2 Å². The molecular weight excluding hydrogens is 470 g/mol. The standard InChI is InChI=1S/C29H35N3O5/c1-30-22-8-6-5-7-20(22)17-23(30)28(34)31-14-11-29(12-15-31)13-16-32(19-29)25(33)18-21-9-10-24(35-2)27(37-4)26(21)36-3/h5-10,17H,11-16,18-19H2,1-4H3. The molecule has 2 aromatic carbocycles. The maximum atomic E-state index is 13.3. The van der Waals surface area contributed by atoms with E-state index in [0.717, 1.165) is 54.5 Å². The van der Waals surface area contributed by atoms with Crippen molar-refractivity contribution >= 4 is 22.7 Å². The third kappa shape index (κ3) is 4.49. The Balaban J connectivity index is 1.22. The molecule has 2 amide bonds. The van der Waals surface area contributed by atoms with Crippen LogP contribution in [0.15, 0.2) is 42.5 Å². The van der Waals surface area contributed by atoms with Gasteiger partial charge in [0.05, 0.1) is 27.8 Å². The molecule has 3 heterocycles. The van der Waals surface area contributed by atoms with Crippen molar-refractivity contribution in [1.29, 1.82) is 0 Å². The third-order valence-corrected chi connectivity index (χ3v) is 8.20. The number of likely N-dealkylation sites (tertiary alicyclic amines) is 2. The lowest BCUT2D eigenvalue weighted by atomic mass is 9.77. The van der Waals surface area contributed by atoms with Gasteiger partial charge in [-0.05, 0) is 42.9 Å². The maximum Gasteiger partial charge on any atom is 0.270 e. The highest BCUT2D eigenvalue weighted by Crippen LogP contribution is 2.42. The Bertz CT molecular complexity index is 1320. The van der Waals surface area contributed by atoms with Crippen LogP contribution in [-0.2, 0) is 18.3 Å². The van der Waals surface area contributed by atoms with Crippen molar-refractivity contribution in [3.63, 3.8) is 0 Å². The second-order valence-corrected chi connectivity index (χ2v) is 10.2. The zero-order chi connectivity index (χ0) is 26.2. The van der Waals surface area contributed by atoms with E-state index in [-0.39, 0.29) is 23.7 Å². The van der Waals surface area contributed by atoms with Crippen LogP contribution in [0.1, 0.15) is 35.3 Å². The number of methoxy groups -OCH3 is 3. The average molecular weight is 506 g/mol. The van der Waals surface area contributed by atoms with Crippen molar-refractivity contribution in [2.45, 2.75) is 25.7 Å². The Morgan fingerprint density at radius 3 is 2.19 bits per heavy atom. The normalized spacial score (nSPS) is 16.9. The number of benzene rings is 2. The van der Waals surface area contributed by atoms with Crippen molar-refractivity contribution in [1.82, 2.24) is 14.4 Å². The van der Waals surface area contributed by atoms with Gasteiger partial charge in [0.25, 0.3) is 5.91 Å². The Morgan fingerprint density at radius 2 is 1.54 bits per heavy atom. The van der Waals surface area contributed by atoms with Crippen molar-refractivity contribution in [2.24, 2.45) is 12.5 Å². The molecule has 0 atom stereocenters. The molecule has 2 aliphatic rings. The van der Waals surface area contributed by atoms with Gasteiger partial charge in [-0.2, -0.15) is 0 Å². The zero-order valence-electron chi connectivity index (χ0n) is 22.1. The lowest BCUT2D eigenvalue weighted by Crippen LogP contribution is -2.45. The number of nitrogens with zero attached hydrogens (tertiary/aromatic N) is 3. The van der Waals surface area contributed by atoms with Gasteiger partial charge in [-0.1, -0.05) is 24.3 Å². The molecule has 37 heavy (non-hydrogen) atoms. The Morgan fingerprint density at radius 1 is 0.865 bits per heavy atom. The van der Waals surface area contributed by atoms with Gasteiger partial charge >= 0.3 is 0 Å². The minimum atomic E-state index is 0.0764. The van der Waals surface area contributed by atoms with E-state index in [4.69, 9.17) is 14.2 Å². The molecule has 2 aliphatic heterocycles. The van der Waals surface area contributed by atoms with Crippen LogP contribution < -0.4 is 14.2 Å². The van der Waals surface area contributed by atoms with Gasteiger partial charge in [-0.3, -0.25) is 9.59 Å². The quantitative estimate of drug-likeness (QED) is 0.508. The summed E-state index contributed by atoms with van der Waals surface area (Å²) in [6, 6.07) is 13.7. The minimum absolute atomic E-state index is 0.0764. The number of hydrogen-bond donors (Lipinski definition) is 0. The third-order valence-electron chi connectivity index (χ3n) is 8.20. The predicted molar refractivity (Wildman–Crippen MR) is 141 cm³/mol. The largest absolute Gasteiger partial charge is 0.493 e. The van der Waals surface area contributed by atoms with Gasteiger partial charge in [0.2, 0.25) is 11.7 Å². The summed E-state index contributed by atoms with van der Waals surface area (Å²) in [7, 11) is 6.66. The van der Waals surface area contributed by atoms with Crippen LogP contribution in [0.5, 0.6) is 17.2 Å². The fourth-order valence-corrected chi connectivity index (χ4v) is 5.97. The van der Waals surface area contributed by atoms with Gasteiger partial charge in [-0.25, -0.2) is 0 Å². The number of piperidine rings is 1. The van der Waals surface area contributed by atoms with E-state index in [9.17, 15) is 9.59 Å². The summed E-state index contributed by atoms with van der Waals surface area (Å²) in [6.45, 7) is 2.90. The monoisotopic (exact) mass is 505 g/mol. The summed E-state index contributed by atoms with van der Waals surface area (Å²) >= 11 is 0. The van der Waals surface area contributed by atoms with Crippen LogP contribution in [0.4, 0.5) is 0 Å². The number of hydrogen-bond acceptors (Lipinski definition) is 5. The van der Waals surface area contributed by atoms with Gasteiger partial charge < -0.3 is 28.6 Å². The smallest absolute Gasteiger partial charge is 0.270 e. The Labute approximate surface area is 217 Å². The number of aromatic nitrogens is 1. The molecule has 0 saturated carbocycles. The molecule has 1 spiro atoms. The first kappa shape index (κ1) is 25.0. The van der Waals surface area contributed by atoms with Gasteiger partial charge in [0, 0.05) is 49.7 Å². The molecule has 2 fully saturated rings. The van der Waals surface area contributed by atoms with E-state index in [1.54, 1.807) is 27.4 Å². The van der Waals surface area contributed by atoms with E-state index in [1.165, 1.54) is 0 Å². The number of fused-ring (bicyclic) bond motifs is 1. The number of rotatable bonds is 6. The molecular formula is C29H35N3O5. The molecule has 8 heteroatoms. The summed E-state index contributed by atoms with van der Waals surface area (Å²) in [5.74, 6) is 1.76. The van der Waals surface area contributed by atoms with E-state index >= 15 is 0 Å². The van der Waals surface area contributed by atoms with E-state index in [1.807, 2.05) is 57.8 Å². The summed E-state index contributed by atoms with van der Waals surface area (Å²) in [6.07, 6.45) is 3.03. The topological polar surface area (TPSA) is 73.2 Å². The molecule has 3 aromatic rings. The maximum absolute atomic E-state index is 13.3. The second-order valence-electron chi connectivity index (χ2n) is 10.2. The van der Waals surface area contributed by atoms with E-state index in [0.29, 0.717) is 30.3 Å². The first-order valence-corrected chi connectivity index (χ1v) is 12.8. The van der Waals surface area contributed by atoms with Crippen LogP contribution in [-0.4, -0.2) is 73.7 Å². The summed E-state index contributed by atoms with van der Waals surface area (Å²) < 4.78 is 18.4. The molecule has 1 aromatic heterocycles. The van der Waals surface area contributed by atoms with Crippen molar-refractivity contribution in [3.05, 3.63) is 53.7 Å². The number of amides is 2. The highest BCUT2D eigenvalue weighted by molar-refractivity contribution is 5.98. The fourth-order valence-electron chi connectivity index (χ4n) is 5.97. The summed E-state index contributed by atoms with van der Waals surface area (Å²) in [5, 5.41) is 1.08. The molecule has 2 saturated heterocycles. The molecule has 8 nitrogen and oxygen atoms in total. The highest BCUT2D eigenvalue weighted by atomic mass is 16.5. The molecule has 0 bridgehead atoms.